The Hall–Kier alpha value is -4.73. The number of nitrogens with zero attached hydrogens (tertiary/aromatic N) is 5. The van der Waals surface area contributed by atoms with E-state index in [0.29, 0.717) is 48.1 Å². The first-order valence-electron chi connectivity index (χ1n) is 12.8. The van der Waals surface area contributed by atoms with Gasteiger partial charge in [0.05, 0.1) is 26.1 Å². The summed E-state index contributed by atoms with van der Waals surface area (Å²) in [5.74, 6) is 1.15. The first-order chi connectivity index (χ1) is 19.0. The number of esters is 1. The molecule has 0 bridgehead atoms. The molecule has 2 heterocycles. The van der Waals surface area contributed by atoms with Crippen molar-refractivity contribution in [3.63, 3.8) is 0 Å². The van der Waals surface area contributed by atoms with Crippen LogP contribution in [0.3, 0.4) is 0 Å². The van der Waals surface area contributed by atoms with Crippen LogP contribution in [0.4, 0.5) is 0 Å². The first kappa shape index (κ1) is 27.3. The number of amidine groups is 1. The van der Waals surface area contributed by atoms with Crippen LogP contribution in [0.2, 0.25) is 0 Å². The smallest absolute Gasteiger partial charge is 0.357 e. The molecular formula is C29H32N6O4. The lowest BCUT2D eigenvalue weighted by molar-refractivity contribution is 0.0589. The minimum atomic E-state index is -0.512. The van der Waals surface area contributed by atoms with E-state index in [2.05, 4.69) is 22.0 Å². The maximum atomic E-state index is 13.0. The number of benzene rings is 2. The standard InChI is InChI=1S/C29H32N6O4/c1-4-6-11-24-33-25(28-31-16-21(17-32-28)39-5-2)26(29(36)38-3)35(24)18-19-12-14-20(15-13-19)22-9-7-8-10-23(22)27(30)34-37/h7-10,12-17,37H,4-6,11,18H2,1-3H3,(H2,30,34). The minimum Gasteiger partial charge on any atom is -0.491 e. The molecule has 202 valence electrons. The SMILES string of the molecule is CCCCc1nc(-c2ncc(OCC)cn2)c(C(=O)OC)n1Cc1ccc(-c2ccccc2C(N)=NO)cc1. The van der Waals surface area contributed by atoms with Gasteiger partial charge in [0.25, 0.3) is 0 Å². The van der Waals surface area contributed by atoms with Crippen molar-refractivity contribution in [1.82, 2.24) is 19.5 Å². The summed E-state index contributed by atoms with van der Waals surface area (Å²) < 4.78 is 12.5. The van der Waals surface area contributed by atoms with Gasteiger partial charge in [-0.3, -0.25) is 0 Å². The summed E-state index contributed by atoms with van der Waals surface area (Å²) >= 11 is 0. The van der Waals surface area contributed by atoms with Crippen molar-refractivity contribution in [3.05, 3.63) is 83.6 Å². The fraction of sp³-hybridized carbons (Fsp3) is 0.276. The Morgan fingerprint density at radius 3 is 2.44 bits per heavy atom. The van der Waals surface area contributed by atoms with Crippen LogP contribution in [0.25, 0.3) is 22.6 Å². The highest BCUT2D eigenvalue weighted by atomic mass is 16.5. The second-order valence-electron chi connectivity index (χ2n) is 8.81. The molecule has 0 amide bonds. The van der Waals surface area contributed by atoms with E-state index in [-0.39, 0.29) is 5.84 Å². The van der Waals surface area contributed by atoms with Crippen molar-refractivity contribution < 1.29 is 19.5 Å². The van der Waals surface area contributed by atoms with Gasteiger partial charge in [-0.2, -0.15) is 0 Å². The summed E-state index contributed by atoms with van der Waals surface area (Å²) in [5, 5.41) is 12.3. The summed E-state index contributed by atoms with van der Waals surface area (Å²) in [4.78, 5) is 26.7. The third-order valence-corrected chi connectivity index (χ3v) is 6.25. The van der Waals surface area contributed by atoms with E-state index >= 15 is 0 Å². The number of oxime groups is 1. The third-order valence-electron chi connectivity index (χ3n) is 6.25. The van der Waals surface area contributed by atoms with E-state index in [4.69, 9.17) is 25.4 Å². The van der Waals surface area contributed by atoms with Crippen LogP contribution in [-0.4, -0.2) is 50.2 Å². The highest BCUT2D eigenvalue weighted by molar-refractivity contribution is 6.03. The molecule has 4 rings (SSSR count). The number of rotatable bonds is 11. The summed E-state index contributed by atoms with van der Waals surface area (Å²) in [5.41, 5.74) is 9.91. The number of aromatic nitrogens is 4. The van der Waals surface area contributed by atoms with Crippen molar-refractivity contribution in [1.29, 1.82) is 0 Å². The van der Waals surface area contributed by atoms with Crippen LogP contribution < -0.4 is 10.5 Å². The van der Waals surface area contributed by atoms with Crippen LogP contribution in [0.5, 0.6) is 5.75 Å². The molecule has 0 radical (unpaired) electrons. The molecule has 10 heteroatoms. The van der Waals surface area contributed by atoms with E-state index in [0.717, 1.165) is 35.4 Å². The van der Waals surface area contributed by atoms with E-state index in [9.17, 15) is 4.79 Å². The van der Waals surface area contributed by atoms with E-state index in [1.165, 1.54) is 7.11 Å². The van der Waals surface area contributed by atoms with Crippen molar-refractivity contribution in [2.75, 3.05) is 13.7 Å². The van der Waals surface area contributed by atoms with Gasteiger partial charge in [-0.1, -0.05) is 67.0 Å². The Morgan fingerprint density at radius 1 is 1.08 bits per heavy atom. The predicted molar refractivity (Wildman–Crippen MR) is 148 cm³/mol. The molecule has 0 aliphatic carbocycles. The largest absolute Gasteiger partial charge is 0.491 e. The Bertz CT molecular complexity index is 1450. The van der Waals surface area contributed by atoms with Gasteiger partial charge in [0.2, 0.25) is 0 Å². The Labute approximate surface area is 227 Å². The summed E-state index contributed by atoms with van der Waals surface area (Å²) in [6, 6.07) is 15.4. The average Bonchev–Trinajstić information content (AvgIpc) is 3.33. The highest BCUT2D eigenvalue weighted by Crippen LogP contribution is 2.27. The highest BCUT2D eigenvalue weighted by Gasteiger charge is 2.26. The van der Waals surface area contributed by atoms with Gasteiger partial charge in [0.1, 0.15) is 11.5 Å². The normalized spacial score (nSPS) is 11.4. The lowest BCUT2D eigenvalue weighted by Gasteiger charge is -2.13. The van der Waals surface area contributed by atoms with Crippen molar-refractivity contribution in [2.45, 2.75) is 39.7 Å². The Morgan fingerprint density at radius 2 is 1.79 bits per heavy atom. The monoisotopic (exact) mass is 528 g/mol. The fourth-order valence-electron chi connectivity index (χ4n) is 4.32. The summed E-state index contributed by atoms with van der Waals surface area (Å²) in [6.07, 6.45) is 5.71. The number of hydrogen-bond acceptors (Lipinski definition) is 8. The number of unbranched alkanes of at least 4 members (excludes halogenated alkanes) is 1. The molecule has 0 unspecified atom stereocenters. The van der Waals surface area contributed by atoms with Crippen LogP contribution in [-0.2, 0) is 17.7 Å². The zero-order valence-corrected chi connectivity index (χ0v) is 22.3. The fourth-order valence-corrected chi connectivity index (χ4v) is 4.32. The molecule has 2 aromatic heterocycles. The van der Waals surface area contributed by atoms with Crippen LogP contribution >= 0.6 is 0 Å². The van der Waals surface area contributed by atoms with Gasteiger partial charge in [0, 0.05) is 18.5 Å². The van der Waals surface area contributed by atoms with Gasteiger partial charge in [-0.05, 0) is 30.0 Å². The zero-order chi connectivity index (χ0) is 27.8. The number of nitrogens with two attached hydrogens (primary N) is 1. The van der Waals surface area contributed by atoms with Crippen molar-refractivity contribution >= 4 is 11.8 Å². The average molecular weight is 529 g/mol. The van der Waals surface area contributed by atoms with Crippen LogP contribution in [0, 0.1) is 0 Å². The van der Waals surface area contributed by atoms with Gasteiger partial charge in [-0.25, -0.2) is 19.7 Å². The molecular weight excluding hydrogens is 496 g/mol. The van der Waals surface area contributed by atoms with Gasteiger partial charge >= 0.3 is 5.97 Å². The zero-order valence-electron chi connectivity index (χ0n) is 22.3. The second kappa shape index (κ2) is 12.7. The Kier molecular flexibility index (Phi) is 8.88. The molecule has 4 aromatic rings. The van der Waals surface area contributed by atoms with Gasteiger partial charge < -0.3 is 25.0 Å². The van der Waals surface area contributed by atoms with E-state index in [1.54, 1.807) is 18.5 Å². The topological polar surface area (TPSA) is 138 Å². The molecule has 0 saturated heterocycles. The van der Waals surface area contributed by atoms with Crippen molar-refractivity contribution in [3.8, 4) is 28.4 Å². The maximum absolute atomic E-state index is 13.0. The number of ether oxygens (including phenoxy) is 2. The number of methoxy groups -OCH3 is 1. The number of aryl methyl sites for hydroxylation is 1. The van der Waals surface area contributed by atoms with E-state index in [1.807, 2.05) is 54.0 Å². The molecule has 0 saturated carbocycles. The molecule has 0 atom stereocenters. The molecule has 0 fully saturated rings. The second-order valence-corrected chi connectivity index (χ2v) is 8.81. The van der Waals surface area contributed by atoms with E-state index < -0.39 is 5.97 Å². The first-order valence-corrected chi connectivity index (χ1v) is 12.8. The lowest BCUT2D eigenvalue weighted by atomic mass is 9.98. The third kappa shape index (κ3) is 6.06. The number of carbonyl (C=O) groups is 1. The quantitative estimate of drug-likeness (QED) is 0.0941. The molecule has 0 spiro atoms. The number of carbonyl (C=O) groups excluding carboxylic acids is 1. The molecule has 0 aliphatic rings. The van der Waals surface area contributed by atoms with Gasteiger partial charge in [0.15, 0.2) is 23.1 Å². The lowest BCUT2D eigenvalue weighted by Crippen LogP contribution is -2.15. The number of imidazole rings is 1. The maximum Gasteiger partial charge on any atom is 0.357 e. The van der Waals surface area contributed by atoms with Crippen LogP contribution in [0.1, 0.15) is 54.1 Å². The molecule has 3 N–H and O–H groups in total. The molecule has 39 heavy (non-hydrogen) atoms. The summed E-state index contributed by atoms with van der Waals surface area (Å²) in [6.45, 7) is 4.89. The predicted octanol–water partition coefficient (Wildman–Crippen LogP) is 4.68. The number of hydrogen-bond donors (Lipinski definition) is 2. The minimum absolute atomic E-state index is 0.0421. The molecule has 10 nitrogen and oxygen atoms in total. The Balaban J connectivity index is 1.74. The summed E-state index contributed by atoms with van der Waals surface area (Å²) in [7, 11) is 1.35. The van der Waals surface area contributed by atoms with Crippen molar-refractivity contribution in [2.24, 2.45) is 10.9 Å². The van der Waals surface area contributed by atoms with Gasteiger partial charge in [-0.15, -0.1) is 0 Å². The van der Waals surface area contributed by atoms with Crippen LogP contribution in [0.15, 0.2) is 66.1 Å². The molecule has 2 aromatic carbocycles. The molecule has 0 aliphatic heterocycles.